The SMILES string of the molecule is CCc1ccc(OCC(=O)N[C@@H](CC)C(=O)O)cc1. The van der Waals surface area contributed by atoms with E-state index in [9.17, 15) is 9.59 Å². The molecule has 0 aliphatic rings. The number of hydrogen-bond acceptors (Lipinski definition) is 3. The van der Waals surface area contributed by atoms with Crippen LogP contribution in [0.25, 0.3) is 0 Å². The Labute approximate surface area is 112 Å². The van der Waals surface area contributed by atoms with E-state index in [-0.39, 0.29) is 6.61 Å². The van der Waals surface area contributed by atoms with Crippen LogP contribution < -0.4 is 10.1 Å². The number of carbonyl (C=O) groups excluding carboxylic acids is 1. The Kier molecular flexibility index (Phi) is 5.85. The van der Waals surface area contributed by atoms with E-state index in [1.807, 2.05) is 12.1 Å². The molecule has 0 fully saturated rings. The molecule has 0 heterocycles. The minimum absolute atomic E-state index is 0.185. The van der Waals surface area contributed by atoms with E-state index in [0.29, 0.717) is 12.2 Å². The van der Waals surface area contributed by atoms with Crippen LogP contribution in [-0.2, 0) is 16.0 Å². The predicted molar refractivity (Wildman–Crippen MR) is 71.2 cm³/mol. The number of ether oxygens (including phenoxy) is 1. The second-order valence-electron chi connectivity index (χ2n) is 4.15. The molecule has 0 aliphatic heterocycles. The fraction of sp³-hybridized carbons (Fsp3) is 0.429. The van der Waals surface area contributed by atoms with Gasteiger partial charge in [-0.05, 0) is 30.5 Å². The predicted octanol–water partition coefficient (Wildman–Crippen LogP) is 1.61. The van der Waals surface area contributed by atoms with Crippen LogP contribution in [0, 0.1) is 0 Å². The van der Waals surface area contributed by atoms with Gasteiger partial charge in [0.25, 0.3) is 5.91 Å². The summed E-state index contributed by atoms with van der Waals surface area (Å²) in [5.41, 5.74) is 1.19. The third kappa shape index (κ3) is 4.99. The fourth-order valence-corrected chi connectivity index (χ4v) is 1.54. The summed E-state index contributed by atoms with van der Waals surface area (Å²) in [6.07, 6.45) is 1.28. The first-order valence-corrected chi connectivity index (χ1v) is 6.30. The number of carboxylic acid groups (broad SMARTS) is 1. The normalized spacial score (nSPS) is 11.7. The third-order valence-corrected chi connectivity index (χ3v) is 2.74. The van der Waals surface area contributed by atoms with Crippen LogP contribution in [0.5, 0.6) is 5.75 Å². The summed E-state index contributed by atoms with van der Waals surface area (Å²) in [6.45, 7) is 3.57. The van der Waals surface area contributed by atoms with Crippen molar-refractivity contribution in [3.8, 4) is 5.75 Å². The number of carboxylic acids is 1. The molecular weight excluding hydrogens is 246 g/mol. The van der Waals surface area contributed by atoms with Gasteiger partial charge >= 0.3 is 5.97 Å². The highest BCUT2D eigenvalue weighted by Gasteiger charge is 2.17. The molecule has 0 unspecified atom stereocenters. The summed E-state index contributed by atoms with van der Waals surface area (Å²) in [4.78, 5) is 22.3. The standard InChI is InChI=1S/C14H19NO4/c1-3-10-5-7-11(8-6-10)19-9-13(16)15-12(4-2)14(17)18/h5-8,12H,3-4,9H2,1-2H3,(H,15,16)(H,17,18)/t12-/m0/s1. The molecule has 0 saturated carbocycles. The van der Waals surface area contributed by atoms with E-state index in [1.165, 1.54) is 5.56 Å². The molecule has 5 heteroatoms. The summed E-state index contributed by atoms with van der Waals surface area (Å²) in [6, 6.07) is 6.58. The summed E-state index contributed by atoms with van der Waals surface area (Å²) in [5, 5.41) is 11.2. The number of nitrogens with one attached hydrogen (secondary N) is 1. The molecule has 0 aliphatic carbocycles. The van der Waals surface area contributed by atoms with Crippen molar-refractivity contribution in [2.24, 2.45) is 0 Å². The van der Waals surface area contributed by atoms with E-state index in [1.54, 1.807) is 19.1 Å². The smallest absolute Gasteiger partial charge is 0.326 e. The van der Waals surface area contributed by atoms with E-state index in [0.717, 1.165) is 6.42 Å². The van der Waals surface area contributed by atoms with Gasteiger partial charge in [0.15, 0.2) is 6.61 Å². The van der Waals surface area contributed by atoms with Gasteiger partial charge in [-0.1, -0.05) is 26.0 Å². The lowest BCUT2D eigenvalue weighted by atomic mass is 10.2. The Bertz CT molecular complexity index is 428. The molecule has 1 atom stereocenters. The van der Waals surface area contributed by atoms with E-state index in [2.05, 4.69) is 12.2 Å². The zero-order valence-corrected chi connectivity index (χ0v) is 11.2. The molecule has 0 spiro atoms. The monoisotopic (exact) mass is 265 g/mol. The van der Waals surface area contributed by atoms with Crippen LogP contribution in [0.4, 0.5) is 0 Å². The molecule has 2 N–H and O–H groups in total. The molecule has 0 radical (unpaired) electrons. The van der Waals surface area contributed by atoms with Crippen molar-refractivity contribution in [2.75, 3.05) is 6.61 Å². The summed E-state index contributed by atoms with van der Waals surface area (Å²) < 4.78 is 5.29. The molecule has 104 valence electrons. The highest BCUT2D eigenvalue weighted by Crippen LogP contribution is 2.12. The first-order chi connectivity index (χ1) is 9.06. The molecule has 0 bridgehead atoms. The van der Waals surface area contributed by atoms with E-state index in [4.69, 9.17) is 9.84 Å². The van der Waals surface area contributed by atoms with Crippen molar-refractivity contribution < 1.29 is 19.4 Å². The molecule has 0 saturated heterocycles. The molecule has 5 nitrogen and oxygen atoms in total. The second kappa shape index (κ2) is 7.41. The number of amides is 1. The molecular formula is C14H19NO4. The van der Waals surface area contributed by atoms with Crippen LogP contribution >= 0.6 is 0 Å². The third-order valence-electron chi connectivity index (χ3n) is 2.74. The fourth-order valence-electron chi connectivity index (χ4n) is 1.54. The first kappa shape index (κ1) is 15.0. The average Bonchev–Trinajstić information content (AvgIpc) is 2.42. The van der Waals surface area contributed by atoms with E-state index >= 15 is 0 Å². The van der Waals surface area contributed by atoms with Crippen molar-refractivity contribution in [3.63, 3.8) is 0 Å². The highest BCUT2D eigenvalue weighted by atomic mass is 16.5. The van der Waals surface area contributed by atoms with Crippen LogP contribution in [0.3, 0.4) is 0 Å². The van der Waals surface area contributed by atoms with Crippen molar-refractivity contribution >= 4 is 11.9 Å². The summed E-state index contributed by atoms with van der Waals surface area (Å²) in [5.74, 6) is -0.882. The number of hydrogen-bond donors (Lipinski definition) is 2. The van der Waals surface area contributed by atoms with Gasteiger partial charge in [0.2, 0.25) is 0 Å². The Morgan fingerprint density at radius 3 is 2.37 bits per heavy atom. The molecule has 1 aromatic carbocycles. The first-order valence-electron chi connectivity index (χ1n) is 6.30. The van der Waals surface area contributed by atoms with Gasteiger partial charge in [-0.15, -0.1) is 0 Å². The minimum atomic E-state index is -1.04. The number of rotatable bonds is 7. The lowest BCUT2D eigenvalue weighted by molar-refractivity contribution is -0.142. The van der Waals surface area contributed by atoms with E-state index < -0.39 is 17.9 Å². The van der Waals surface area contributed by atoms with Crippen molar-refractivity contribution in [1.82, 2.24) is 5.32 Å². The molecule has 1 amide bonds. The van der Waals surface area contributed by atoms with Crippen LogP contribution in [-0.4, -0.2) is 29.6 Å². The topological polar surface area (TPSA) is 75.6 Å². The maximum Gasteiger partial charge on any atom is 0.326 e. The Hall–Kier alpha value is -2.04. The molecule has 1 aromatic rings. The summed E-state index contributed by atoms with van der Waals surface area (Å²) in [7, 11) is 0. The largest absolute Gasteiger partial charge is 0.484 e. The number of aliphatic carboxylic acids is 1. The van der Waals surface area contributed by atoms with Crippen LogP contribution in [0.2, 0.25) is 0 Å². The quantitative estimate of drug-likeness (QED) is 0.785. The van der Waals surface area contributed by atoms with Crippen molar-refractivity contribution in [2.45, 2.75) is 32.7 Å². The van der Waals surface area contributed by atoms with Gasteiger partial charge in [-0.3, -0.25) is 4.79 Å². The van der Waals surface area contributed by atoms with Gasteiger partial charge in [0, 0.05) is 0 Å². The lowest BCUT2D eigenvalue weighted by Crippen LogP contribution is -2.42. The maximum atomic E-state index is 11.5. The number of benzene rings is 1. The number of aryl methyl sites for hydroxylation is 1. The maximum absolute atomic E-state index is 11.5. The second-order valence-corrected chi connectivity index (χ2v) is 4.15. The van der Waals surface area contributed by atoms with Gasteiger partial charge < -0.3 is 15.2 Å². The Morgan fingerprint density at radius 2 is 1.89 bits per heavy atom. The Balaban J connectivity index is 2.42. The van der Waals surface area contributed by atoms with Crippen LogP contribution in [0.1, 0.15) is 25.8 Å². The van der Waals surface area contributed by atoms with Gasteiger partial charge in [-0.25, -0.2) is 4.79 Å². The highest BCUT2D eigenvalue weighted by molar-refractivity contribution is 5.84. The Morgan fingerprint density at radius 1 is 1.26 bits per heavy atom. The molecule has 0 aromatic heterocycles. The average molecular weight is 265 g/mol. The van der Waals surface area contributed by atoms with Gasteiger partial charge in [0.1, 0.15) is 11.8 Å². The van der Waals surface area contributed by atoms with Crippen molar-refractivity contribution in [1.29, 1.82) is 0 Å². The van der Waals surface area contributed by atoms with Crippen molar-refractivity contribution in [3.05, 3.63) is 29.8 Å². The number of carbonyl (C=O) groups is 2. The van der Waals surface area contributed by atoms with Crippen LogP contribution in [0.15, 0.2) is 24.3 Å². The van der Waals surface area contributed by atoms with Gasteiger partial charge in [-0.2, -0.15) is 0 Å². The van der Waals surface area contributed by atoms with Gasteiger partial charge in [0.05, 0.1) is 0 Å². The zero-order chi connectivity index (χ0) is 14.3. The lowest BCUT2D eigenvalue weighted by Gasteiger charge is -2.12. The minimum Gasteiger partial charge on any atom is -0.484 e. The summed E-state index contributed by atoms with van der Waals surface area (Å²) >= 11 is 0. The molecule has 19 heavy (non-hydrogen) atoms. The zero-order valence-electron chi connectivity index (χ0n) is 11.2. The molecule has 1 rings (SSSR count).